The number of amides is 2. The maximum Gasteiger partial charge on any atom is 0.257 e. The molecule has 2 saturated heterocycles. The third-order valence-corrected chi connectivity index (χ3v) is 11.1. The lowest BCUT2D eigenvalue weighted by Crippen LogP contribution is -2.49. The molecule has 2 aliphatic heterocycles. The Kier molecular flexibility index (Phi) is 11.4. The van der Waals surface area contributed by atoms with Gasteiger partial charge in [-0.15, -0.1) is 0 Å². The van der Waals surface area contributed by atoms with Crippen LogP contribution in [-0.4, -0.2) is 97.0 Å². The van der Waals surface area contributed by atoms with Crippen LogP contribution in [0, 0.1) is 18.7 Å². The number of nitrogens with one attached hydrogen (secondary N) is 1. The van der Waals surface area contributed by atoms with Crippen LogP contribution in [0.1, 0.15) is 73.4 Å². The Labute approximate surface area is 290 Å². The molecule has 10 heteroatoms. The van der Waals surface area contributed by atoms with Gasteiger partial charge >= 0.3 is 0 Å². The third kappa shape index (κ3) is 7.88. The molecule has 3 aromatic rings. The Morgan fingerprint density at radius 1 is 0.939 bits per heavy atom. The highest BCUT2D eigenvalue weighted by Gasteiger charge is 2.45. The first-order valence-corrected chi connectivity index (χ1v) is 18.0. The largest absolute Gasteiger partial charge is 0.383 e. The molecule has 2 aromatic carbocycles. The lowest BCUT2D eigenvalue weighted by molar-refractivity contribution is -0.133. The summed E-state index contributed by atoms with van der Waals surface area (Å²) < 4.78 is 35.3. The molecule has 4 atom stereocenters. The first-order chi connectivity index (χ1) is 23.7. The molecule has 3 heterocycles. The summed E-state index contributed by atoms with van der Waals surface area (Å²) in [6.45, 7) is 6.46. The summed E-state index contributed by atoms with van der Waals surface area (Å²) in [6, 6.07) is 11.3. The molecule has 3 fully saturated rings. The average Bonchev–Trinajstić information content (AvgIpc) is 3.79. The first-order valence-electron chi connectivity index (χ1n) is 18.0. The number of nitrogens with zero attached hydrogens (tertiary/aromatic N) is 3. The van der Waals surface area contributed by atoms with Gasteiger partial charge in [-0.3, -0.25) is 14.5 Å². The van der Waals surface area contributed by atoms with Crippen LogP contribution in [0.2, 0.25) is 0 Å². The molecule has 2 amide bonds. The molecule has 1 N–H and O–H groups in total. The summed E-state index contributed by atoms with van der Waals surface area (Å²) in [5.74, 6) is -0.186. The fourth-order valence-corrected chi connectivity index (χ4v) is 8.50. The molecular formula is C39H53FN4O5. The second kappa shape index (κ2) is 15.7. The Hall–Kier alpha value is -3.31. The van der Waals surface area contributed by atoms with Crippen molar-refractivity contribution in [2.75, 3.05) is 45.9 Å². The van der Waals surface area contributed by atoms with Crippen molar-refractivity contribution < 1.29 is 28.2 Å². The normalized spacial score (nSPS) is 26.1. The number of rotatable bonds is 12. The van der Waals surface area contributed by atoms with Crippen LogP contribution in [0.5, 0.6) is 0 Å². The van der Waals surface area contributed by atoms with Crippen LogP contribution in [0.25, 0.3) is 10.9 Å². The Morgan fingerprint density at radius 3 is 2.33 bits per heavy atom. The van der Waals surface area contributed by atoms with E-state index in [0.29, 0.717) is 48.7 Å². The zero-order valence-electron chi connectivity index (χ0n) is 29.8. The van der Waals surface area contributed by atoms with E-state index in [0.717, 1.165) is 48.9 Å². The number of ether oxygens (including phenoxy) is 3. The molecular weight excluding hydrogens is 623 g/mol. The van der Waals surface area contributed by atoms with E-state index in [9.17, 15) is 9.59 Å². The predicted octanol–water partition coefficient (Wildman–Crippen LogP) is 6.11. The SMILES string of the molecule is COCC1CC[C@@H](COC)N1[C@H]1C[C@@H](COC2CCC(C)CC2)N(C(=O)Cc2cc(C)c(NC(=O)c3cn(C)c4ccccc34)cc2F)C1. The minimum atomic E-state index is -0.507. The smallest absolute Gasteiger partial charge is 0.257 e. The molecule has 266 valence electrons. The summed E-state index contributed by atoms with van der Waals surface area (Å²) in [7, 11) is 5.38. The van der Waals surface area contributed by atoms with Crippen LogP contribution >= 0.6 is 0 Å². The predicted molar refractivity (Wildman–Crippen MR) is 189 cm³/mol. The van der Waals surface area contributed by atoms with Gasteiger partial charge in [-0.2, -0.15) is 0 Å². The highest BCUT2D eigenvalue weighted by Crippen LogP contribution is 2.35. The molecule has 3 aliphatic rings. The van der Waals surface area contributed by atoms with Crippen LogP contribution in [-0.2, 0) is 32.5 Å². The molecule has 1 unspecified atom stereocenters. The monoisotopic (exact) mass is 676 g/mol. The Morgan fingerprint density at radius 2 is 1.63 bits per heavy atom. The molecule has 0 radical (unpaired) electrons. The number of halogens is 1. The zero-order chi connectivity index (χ0) is 34.7. The van der Waals surface area contributed by atoms with Crippen molar-refractivity contribution in [2.24, 2.45) is 13.0 Å². The van der Waals surface area contributed by atoms with Crippen molar-refractivity contribution in [2.45, 2.75) is 95.5 Å². The number of carbonyl (C=O) groups excluding carboxylic acids is 2. The minimum Gasteiger partial charge on any atom is -0.383 e. The van der Waals surface area contributed by atoms with E-state index in [-0.39, 0.29) is 48.5 Å². The van der Waals surface area contributed by atoms with Crippen LogP contribution in [0.3, 0.4) is 0 Å². The summed E-state index contributed by atoms with van der Waals surface area (Å²) in [5, 5.41) is 3.73. The fourth-order valence-electron chi connectivity index (χ4n) is 8.50. The summed E-state index contributed by atoms with van der Waals surface area (Å²) >= 11 is 0. The van der Waals surface area contributed by atoms with Crippen molar-refractivity contribution in [1.29, 1.82) is 0 Å². The van der Waals surface area contributed by atoms with E-state index in [2.05, 4.69) is 17.1 Å². The number of methoxy groups -OCH3 is 2. The van der Waals surface area contributed by atoms with Crippen LogP contribution in [0.4, 0.5) is 10.1 Å². The lowest BCUT2D eigenvalue weighted by Gasteiger charge is -2.35. The summed E-state index contributed by atoms with van der Waals surface area (Å²) in [5.41, 5.74) is 2.88. The Bertz CT molecular complexity index is 1600. The van der Waals surface area contributed by atoms with Gasteiger partial charge in [-0.1, -0.05) is 31.2 Å². The van der Waals surface area contributed by atoms with Gasteiger partial charge in [-0.25, -0.2) is 4.39 Å². The van der Waals surface area contributed by atoms with E-state index < -0.39 is 5.82 Å². The molecule has 1 aromatic heterocycles. The molecule has 1 saturated carbocycles. The zero-order valence-corrected chi connectivity index (χ0v) is 29.8. The van der Waals surface area contributed by atoms with Gasteiger partial charge < -0.3 is 29.0 Å². The van der Waals surface area contributed by atoms with Crippen molar-refractivity contribution in [3.05, 3.63) is 65.1 Å². The van der Waals surface area contributed by atoms with Gasteiger partial charge in [0.1, 0.15) is 5.82 Å². The molecule has 6 rings (SSSR count). The molecule has 1 aliphatic carbocycles. The fraction of sp³-hybridized carbons (Fsp3) is 0.590. The molecule has 0 spiro atoms. The number of fused-ring (bicyclic) bond motifs is 1. The number of carbonyl (C=O) groups is 2. The number of aromatic nitrogens is 1. The van der Waals surface area contributed by atoms with Crippen molar-refractivity contribution in [1.82, 2.24) is 14.4 Å². The van der Waals surface area contributed by atoms with Crippen LogP contribution < -0.4 is 5.32 Å². The second-order valence-corrected chi connectivity index (χ2v) is 14.6. The number of hydrogen-bond donors (Lipinski definition) is 1. The Balaban J connectivity index is 1.18. The summed E-state index contributed by atoms with van der Waals surface area (Å²) in [6.07, 6.45) is 9.25. The van der Waals surface area contributed by atoms with Crippen molar-refractivity contribution >= 4 is 28.4 Å². The molecule has 0 bridgehead atoms. The number of aryl methyl sites for hydroxylation is 2. The van der Waals surface area contributed by atoms with Gasteiger partial charge in [-0.05, 0) is 81.0 Å². The van der Waals surface area contributed by atoms with Crippen molar-refractivity contribution in [3.63, 3.8) is 0 Å². The minimum absolute atomic E-state index is 0.0581. The standard InChI is InChI=1S/C39H53FN4O5/c1-25-10-14-32(15-11-25)49-24-31-18-30(44-28(22-47-4)12-13-29(44)23-48-5)20-43(31)38(45)17-27-16-26(2)36(19-35(27)40)41-39(46)34-21-42(3)37-9-7-6-8-33(34)37/h6-9,16,19,21,25,28-32H,10-15,17-18,20,22-24H2,1-5H3,(H,41,46)/t25?,28-,29?,30-,31-,32?/m0/s1. The quantitative estimate of drug-likeness (QED) is 0.249. The highest BCUT2D eigenvalue weighted by atomic mass is 19.1. The maximum atomic E-state index is 15.7. The van der Waals surface area contributed by atoms with E-state index in [4.69, 9.17) is 14.2 Å². The highest BCUT2D eigenvalue weighted by molar-refractivity contribution is 6.13. The van der Waals surface area contributed by atoms with E-state index >= 15 is 4.39 Å². The first kappa shape index (κ1) is 35.5. The topological polar surface area (TPSA) is 85.3 Å². The maximum absolute atomic E-state index is 15.7. The summed E-state index contributed by atoms with van der Waals surface area (Å²) in [4.78, 5) is 31.9. The van der Waals surface area contributed by atoms with Gasteiger partial charge in [0.05, 0.1) is 44.0 Å². The number of para-hydroxylation sites is 1. The average molecular weight is 677 g/mol. The van der Waals surface area contributed by atoms with Crippen LogP contribution in [0.15, 0.2) is 42.6 Å². The second-order valence-electron chi connectivity index (χ2n) is 14.6. The van der Waals surface area contributed by atoms with Gasteiger partial charge in [0.15, 0.2) is 0 Å². The van der Waals surface area contributed by atoms with E-state index in [1.165, 1.54) is 18.9 Å². The van der Waals surface area contributed by atoms with Gasteiger partial charge in [0, 0.05) is 68.7 Å². The molecule has 49 heavy (non-hydrogen) atoms. The van der Waals surface area contributed by atoms with Gasteiger partial charge in [0.25, 0.3) is 5.91 Å². The number of anilines is 1. The molecule has 9 nitrogen and oxygen atoms in total. The van der Waals surface area contributed by atoms with Crippen molar-refractivity contribution in [3.8, 4) is 0 Å². The lowest BCUT2D eigenvalue weighted by atomic mass is 9.89. The van der Waals surface area contributed by atoms with E-state index in [1.54, 1.807) is 26.5 Å². The van der Waals surface area contributed by atoms with E-state index in [1.807, 2.05) is 47.7 Å². The number of likely N-dealkylation sites (tertiary alicyclic amines) is 2. The third-order valence-electron chi connectivity index (χ3n) is 11.1. The number of benzene rings is 2. The number of hydrogen-bond acceptors (Lipinski definition) is 6. The van der Waals surface area contributed by atoms with Gasteiger partial charge in [0.2, 0.25) is 5.91 Å².